The first-order chi connectivity index (χ1) is 34.7. The summed E-state index contributed by atoms with van der Waals surface area (Å²) in [5, 5.41) is 14.0. The van der Waals surface area contributed by atoms with Crippen molar-refractivity contribution >= 4 is 23.7 Å². The number of carbonyl (C=O) groups is 4. The fourth-order valence-corrected chi connectivity index (χ4v) is 11.3. The van der Waals surface area contributed by atoms with Crippen LogP contribution < -0.4 is 4.74 Å². The first-order valence-corrected chi connectivity index (χ1v) is 24.4. The van der Waals surface area contributed by atoms with Crippen LogP contribution in [0.1, 0.15) is 88.7 Å². The maximum absolute atomic E-state index is 16.4. The van der Waals surface area contributed by atoms with Crippen LogP contribution in [0.5, 0.6) is 5.75 Å². The van der Waals surface area contributed by atoms with Gasteiger partial charge in [-0.2, -0.15) is 0 Å². The first kappa shape index (κ1) is 52.1. The summed E-state index contributed by atoms with van der Waals surface area (Å²) in [5.41, 5.74) is -4.50. The van der Waals surface area contributed by atoms with Crippen molar-refractivity contribution in [3.05, 3.63) is 173 Å². The van der Waals surface area contributed by atoms with Crippen LogP contribution in [-0.2, 0) is 55.9 Å². The summed E-state index contributed by atoms with van der Waals surface area (Å²) in [6.07, 6.45) is -4.89. The van der Waals surface area contributed by atoms with E-state index in [1.165, 1.54) is 7.11 Å². The summed E-state index contributed by atoms with van der Waals surface area (Å²) < 4.78 is 56.9. The minimum Gasteiger partial charge on any atom is -0.497 e. The van der Waals surface area contributed by atoms with E-state index in [0.717, 1.165) is 11.1 Å². The molecule has 380 valence electrons. The summed E-state index contributed by atoms with van der Waals surface area (Å²) in [6.45, 7) is 4.42. The van der Waals surface area contributed by atoms with Gasteiger partial charge in [0.1, 0.15) is 43.8 Å². The Morgan fingerprint density at radius 3 is 1.78 bits per heavy atom. The van der Waals surface area contributed by atoms with Gasteiger partial charge >= 0.3 is 17.9 Å². The molecular formula is C58H64O14. The normalized spacial score (nSPS) is 27.6. The Balaban J connectivity index is 1.32. The SMILES string of the molecule is COCO[C@H]1C(=O)[C@]2(C)[C@@H](OCOCc3ccccc3)C[C@@H](OCc3ccc(OC)cc3)[C@@](O)(COC(=O)c3ccccc3)[C@H]2C[C@H](OC(=O)c2ccccc2)C2(OC(=O)c3ccccc3)CCC1C2(C)C. The van der Waals surface area contributed by atoms with Crippen LogP contribution in [0.2, 0.25) is 0 Å². The van der Waals surface area contributed by atoms with E-state index < -0.39 is 88.6 Å². The van der Waals surface area contributed by atoms with Gasteiger partial charge in [0.15, 0.2) is 11.4 Å². The van der Waals surface area contributed by atoms with Crippen molar-refractivity contribution in [2.75, 3.05) is 34.4 Å². The van der Waals surface area contributed by atoms with Gasteiger partial charge < -0.3 is 47.7 Å². The van der Waals surface area contributed by atoms with Crippen molar-refractivity contribution < 1.29 is 66.9 Å². The highest BCUT2D eigenvalue weighted by Crippen LogP contribution is 2.63. The molecule has 0 heterocycles. The third-order valence-electron chi connectivity index (χ3n) is 15.4. The van der Waals surface area contributed by atoms with Gasteiger partial charge in [0, 0.05) is 30.8 Å². The number of methoxy groups -OCH3 is 2. The molecule has 14 heteroatoms. The summed E-state index contributed by atoms with van der Waals surface area (Å²) in [5.74, 6) is -3.98. The molecule has 5 aromatic rings. The molecule has 0 spiro atoms. The summed E-state index contributed by atoms with van der Waals surface area (Å²) >= 11 is 0. The zero-order chi connectivity index (χ0) is 50.9. The molecule has 2 bridgehead atoms. The Kier molecular flexibility index (Phi) is 16.4. The van der Waals surface area contributed by atoms with Gasteiger partial charge in [-0.15, -0.1) is 0 Å². The Morgan fingerprint density at radius 2 is 1.18 bits per heavy atom. The Morgan fingerprint density at radius 1 is 0.611 bits per heavy atom. The monoisotopic (exact) mass is 984 g/mol. The highest BCUT2D eigenvalue weighted by Gasteiger charge is 2.73. The van der Waals surface area contributed by atoms with Crippen molar-refractivity contribution in [2.24, 2.45) is 22.7 Å². The number of fused-ring (bicyclic) bond motifs is 3. The Hall–Kier alpha value is -6.26. The van der Waals surface area contributed by atoms with E-state index in [2.05, 4.69) is 0 Å². The van der Waals surface area contributed by atoms with E-state index >= 15 is 4.79 Å². The van der Waals surface area contributed by atoms with Crippen LogP contribution in [-0.4, -0.2) is 98.8 Å². The number of hydrogen-bond donors (Lipinski definition) is 1. The number of ketones is 1. The molecule has 3 fully saturated rings. The fraction of sp³-hybridized carbons (Fsp3) is 0.414. The second-order valence-corrected chi connectivity index (χ2v) is 19.6. The highest BCUT2D eigenvalue weighted by atomic mass is 16.7. The third kappa shape index (κ3) is 10.6. The molecule has 9 atom stereocenters. The van der Waals surface area contributed by atoms with Gasteiger partial charge in [-0.05, 0) is 85.8 Å². The maximum atomic E-state index is 16.4. The van der Waals surface area contributed by atoms with Crippen molar-refractivity contribution in [1.29, 1.82) is 0 Å². The minimum absolute atomic E-state index is 0.0298. The molecule has 3 saturated carbocycles. The average Bonchev–Trinajstić information content (AvgIpc) is 3.67. The summed E-state index contributed by atoms with van der Waals surface area (Å²) in [4.78, 5) is 59.7. The topological polar surface area (TPSA) is 172 Å². The first-order valence-electron chi connectivity index (χ1n) is 24.4. The van der Waals surface area contributed by atoms with Crippen LogP contribution in [0, 0.1) is 22.7 Å². The Labute approximate surface area is 420 Å². The standard InChI is InChI=1S/C58H64O14/c1-55(2)45-30-31-58(55,72-54(62)43-24-16-9-17-25-43)49(71-53(61)42-22-14-8-15-23-42)32-46-56(3,51(59)50(45)70-37-64-4)47(69-38-66-34-39-18-10-6-11-19-39)33-48(67-35-40-26-28-44(65-5)29-27-40)57(46,63)36-68-52(60)41-20-12-7-13-21-41/h6-29,45-50,63H,30-38H2,1-5H3/t45?,46-,47-,48+,49-,50+,56-,57+,58?/m0/s1. The van der Waals surface area contributed by atoms with Gasteiger partial charge in [-0.1, -0.05) is 111 Å². The van der Waals surface area contributed by atoms with E-state index in [4.69, 9.17) is 42.6 Å². The van der Waals surface area contributed by atoms with Crippen molar-refractivity contribution in [2.45, 2.75) is 95.3 Å². The largest absolute Gasteiger partial charge is 0.497 e. The van der Waals surface area contributed by atoms with E-state index in [1.54, 1.807) is 117 Å². The molecule has 72 heavy (non-hydrogen) atoms. The average molecular weight is 985 g/mol. The number of esters is 3. The molecule has 0 aliphatic heterocycles. The predicted octanol–water partition coefficient (Wildman–Crippen LogP) is 8.97. The number of aliphatic hydroxyl groups is 1. The predicted molar refractivity (Wildman–Crippen MR) is 264 cm³/mol. The summed E-state index contributed by atoms with van der Waals surface area (Å²) in [6, 6.07) is 42.1. The van der Waals surface area contributed by atoms with Gasteiger partial charge in [-0.25, -0.2) is 14.4 Å². The van der Waals surface area contributed by atoms with Crippen molar-refractivity contribution in [3.8, 4) is 5.75 Å². The lowest BCUT2D eigenvalue weighted by molar-refractivity contribution is -0.267. The number of Topliss-reactive ketones (excluding diaryl/α,β-unsaturated/α-hetero) is 1. The minimum atomic E-state index is -2.24. The van der Waals surface area contributed by atoms with E-state index in [-0.39, 0.29) is 62.8 Å². The molecular weight excluding hydrogens is 921 g/mol. The van der Waals surface area contributed by atoms with Gasteiger partial charge in [-0.3, -0.25) is 4.79 Å². The molecule has 3 aliphatic rings. The molecule has 5 aromatic carbocycles. The van der Waals surface area contributed by atoms with E-state index in [0.29, 0.717) is 12.2 Å². The zero-order valence-electron chi connectivity index (χ0n) is 41.4. The molecule has 0 radical (unpaired) electrons. The van der Waals surface area contributed by atoms with Crippen LogP contribution >= 0.6 is 0 Å². The molecule has 0 saturated heterocycles. The van der Waals surface area contributed by atoms with E-state index in [1.807, 2.05) is 56.3 Å². The second-order valence-electron chi connectivity index (χ2n) is 19.6. The second kappa shape index (κ2) is 22.7. The Bertz CT molecular complexity index is 2590. The van der Waals surface area contributed by atoms with Crippen LogP contribution in [0.4, 0.5) is 0 Å². The number of ether oxygens (including phenoxy) is 9. The molecule has 14 nitrogen and oxygen atoms in total. The van der Waals surface area contributed by atoms with Gasteiger partial charge in [0.25, 0.3) is 0 Å². The third-order valence-corrected chi connectivity index (χ3v) is 15.4. The van der Waals surface area contributed by atoms with Crippen molar-refractivity contribution in [3.63, 3.8) is 0 Å². The number of rotatable bonds is 19. The maximum Gasteiger partial charge on any atom is 0.338 e. The van der Waals surface area contributed by atoms with Crippen LogP contribution in [0.3, 0.4) is 0 Å². The van der Waals surface area contributed by atoms with Gasteiger partial charge in [0.05, 0.1) is 54.6 Å². The fourth-order valence-electron chi connectivity index (χ4n) is 11.3. The zero-order valence-corrected chi connectivity index (χ0v) is 41.4. The lowest BCUT2D eigenvalue weighted by Gasteiger charge is -2.57. The van der Waals surface area contributed by atoms with Crippen molar-refractivity contribution in [1.82, 2.24) is 0 Å². The van der Waals surface area contributed by atoms with Crippen LogP contribution in [0.15, 0.2) is 146 Å². The van der Waals surface area contributed by atoms with Crippen LogP contribution in [0.25, 0.3) is 0 Å². The quantitative estimate of drug-likeness (QED) is 0.0360. The molecule has 3 aliphatic carbocycles. The number of benzene rings is 5. The molecule has 8 rings (SSSR count). The van der Waals surface area contributed by atoms with Gasteiger partial charge in [0.2, 0.25) is 0 Å². The highest BCUT2D eigenvalue weighted by molar-refractivity contribution is 5.92. The molecule has 1 N–H and O–H groups in total. The number of carbonyl (C=O) groups excluding carboxylic acids is 4. The molecule has 0 amide bonds. The number of hydrogen-bond acceptors (Lipinski definition) is 14. The van der Waals surface area contributed by atoms with E-state index in [9.17, 15) is 19.5 Å². The lowest BCUT2D eigenvalue weighted by Crippen LogP contribution is -2.70. The lowest BCUT2D eigenvalue weighted by atomic mass is 9.53. The molecule has 2 unspecified atom stereocenters. The molecule has 0 aromatic heterocycles. The smallest absolute Gasteiger partial charge is 0.338 e. The summed E-state index contributed by atoms with van der Waals surface area (Å²) in [7, 11) is 3.02.